The standard InChI is InChI=1S/C30H29Cl2N7O4/c1-37-10-12-38(13-11-37)14-15-39-9-8-33-26(30(39)43)19-2-4-20(5-3-19)28(41)36-27-23(16-22(32)17-24(27)40)29(42)35-25-7-6-21(31)18-34-25/h2-9,16-18,40H,10-15H2,1H3,(H,36,41)(H,34,35,42). The van der Waals surface area contributed by atoms with Crippen LogP contribution < -0.4 is 16.2 Å². The average molecular weight is 623 g/mol. The van der Waals surface area contributed by atoms with Gasteiger partial charge >= 0.3 is 0 Å². The second-order valence-electron chi connectivity index (χ2n) is 10.1. The largest absolute Gasteiger partial charge is 0.506 e. The maximum atomic E-state index is 13.2. The molecule has 0 spiro atoms. The zero-order valence-corrected chi connectivity index (χ0v) is 24.8. The molecule has 4 aromatic rings. The Morgan fingerprint density at radius 3 is 2.35 bits per heavy atom. The zero-order valence-electron chi connectivity index (χ0n) is 23.3. The molecule has 2 amide bonds. The van der Waals surface area contributed by atoms with E-state index in [2.05, 4.69) is 37.4 Å². The molecule has 11 nitrogen and oxygen atoms in total. The summed E-state index contributed by atoms with van der Waals surface area (Å²) in [5.74, 6) is -1.42. The minimum Gasteiger partial charge on any atom is -0.506 e. The Balaban J connectivity index is 1.30. The molecule has 0 saturated carbocycles. The second kappa shape index (κ2) is 13.3. The van der Waals surface area contributed by atoms with Gasteiger partial charge in [-0.1, -0.05) is 35.3 Å². The number of likely N-dealkylation sites (N-methyl/N-ethyl adjacent to an activating group) is 1. The third-order valence-electron chi connectivity index (χ3n) is 7.12. The molecule has 1 fully saturated rings. The van der Waals surface area contributed by atoms with Gasteiger partial charge in [-0.05, 0) is 37.4 Å². The van der Waals surface area contributed by atoms with E-state index in [-0.39, 0.29) is 38.9 Å². The maximum absolute atomic E-state index is 13.2. The highest BCUT2D eigenvalue weighted by Crippen LogP contribution is 2.32. The van der Waals surface area contributed by atoms with Gasteiger partial charge in [0.15, 0.2) is 0 Å². The Labute approximate surface area is 257 Å². The van der Waals surface area contributed by atoms with E-state index < -0.39 is 17.6 Å². The Hall–Kier alpha value is -4.29. The third-order valence-corrected chi connectivity index (χ3v) is 7.56. The molecule has 1 saturated heterocycles. The molecule has 13 heteroatoms. The molecule has 3 N–H and O–H groups in total. The molecule has 5 rings (SSSR count). The van der Waals surface area contributed by atoms with Crippen molar-refractivity contribution in [2.24, 2.45) is 0 Å². The summed E-state index contributed by atoms with van der Waals surface area (Å²) in [6, 6.07) is 11.9. The number of anilines is 2. The number of nitrogens with one attached hydrogen (secondary N) is 2. The number of phenolic OH excluding ortho intramolecular Hbond substituents is 1. The number of pyridine rings is 1. The molecular formula is C30H29Cl2N7O4. The number of carbonyl (C=O) groups is 2. The summed E-state index contributed by atoms with van der Waals surface area (Å²) in [4.78, 5) is 52.3. The van der Waals surface area contributed by atoms with Gasteiger partial charge in [-0.3, -0.25) is 19.3 Å². The summed E-state index contributed by atoms with van der Waals surface area (Å²) >= 11 is 11.9. The first kappa shape index (κ1) is 30.2. The fourth-order valence-electron chi connectivity index (χ4n) is 4.64. The number of aromatic nitrogens is 3. The molecule has 0 bridgehead atoms. The molecule has 2 aromatic carbocycles. The number of piperazine rings is 1. The number of phenols is 1. The lowest BCUT2D eigenvalue weighted by Crippen LogP contribution is -2.45. The predicted molar refractivity (Wildman–Crippen MR) is 166 cm³/mol. The molecule has 0 radical (unpaired) electrons. The number of benzene rings is 2. The van der Waals surface area contributed by atoms with E-state index in [1.54, 1.807) is 35.2 Å². The van der Waals surface area contributed by atoms with Gasteiger partial charge in [0.1, 0.15) is 17.3 Å². The highest BCUT2D eigenvalue weighted by atomic mass is 35.5. The Bertz CT molecular complexity index is 1690. The van der Waals surface area contributed by atoms with Crippen molar-refractivity contribution in [3.63, 3.8) is 0 Å². The molecular weight excluding hydrogens is 593 g/mol. The van der Waals surface area contributed by atoms with Crippen LogP contribution in [0.2, 0.25) is 10.0 Å². The van der Waals surface area contributed by atoms with E-state index >= 15 is 0 Å². The van der Waals surface area contributed by atoms with E-state index in [0.717, 1.165) is 32.7 Å². The van der Waals surface area contributed by atoms with Crippen molar-refractivity contribution >= 4 is 46.5 Å². The van der Waals surface area contributed by atoms with E-state index in [1.165, 1.54) is 36.5 Å². The maximum Gasteiger partial charge on any atom is 0.277 e. The minimum absolute atomic E-state index is 0.0719. The molecule has 1 aliphatic rings. The summed E-state index contributed by atoms with van der Waals surface area (Å²) in [6.45, 7) is 5.25. The van der Waals surface area contributed by atoms with Crippen LogP contribution in [0, 0.1) is 0 Å². The van der Waals surface area contributed by atoms with Crippen molar-refractivity contribution in [1.82, 2.24) is 24.3 Å². The van der Waals surface area contributed by atoms with Crippen molar-refractivity contribution in [2.45, 2.75) is 6.54 Å². The summed E-state index contributed by atoms with van der Waals surface area (Å²) in [6.07, 6.45) is 4.64. The first-order chi connectivity index (χ1) is 20.7. The lowest BCUT2D eigenvalue weighted by molar-refractivity contribution is 0.102. The number of aromatic hydroxyl groups is 1. The lowest BCUT2D eigenvalue weighted by atomic mass is 10.1. The molecule has 0 unspecified atom stereocenters. The van der Waals surface area contributed by atoms with Crippen molar-refractivity contribution in [3.05, 3.63) is 98.6 Å². The molecule has 3 heterocycles. The highest BCUT2D eigenvalue weighted by molar-refractivity contribution is 6.32. The van der Waals surface area contributed by atoms with Crippen molar-refractivity contribution in [1.29, 1.82) is 0 Å². The quantitative estimate of drug-likeness (QED) is 0.251. The Morgan fingerprint density at radius 1 is 0.907 bits per heavy atom. The van der Waals surface area contributed by atoms with Gasteiger partial charge in [0.25, 0.3) is 17.4 Å². The lowest BCUT2D eigenvalue weighted by Gasteiger charge is -2.32. The van der Waals surface area contributed by atoms with E-state index in [0.29, 0.717) is 17.1 Å². The van der Waals surface area contributed by atoms with Crippen molar-refractivity contribution in [2.75, 3.05) is 50.4 Å². The van der Waals surface area contributed by atoms with Crippen LogP contribution in [-0.4, -0.2) is 81.0 Å². The van der Waals surface area contributed by atoms with Crippen LogP contribution in [0.5, 0.6) is 5.75 Å². The van der Waals surface area contributed by atoms with Crippen molar-refractivity contribution in [3.8, 4) is 17.0 Å². The third kappa shape index (κ3) is 7.38. The number of nitrogens with zero attached hydrogens (tertiary/aromatic N) is 5. The average Bonchev–Trinajstić information content (AvgIpc) is 3.00. The van der Waals surface area contributed by atoms with Crippen LogP contribution in [0.4, 0.5) is 11.5 Å². The van der Waals surface area contributed by atoms with Crippen LogP contribution in [0.1, 0.15) is 20.7 Å². The van der Waals surface area contributed by atoms with E-state index in [9.17, 15) is 19.5 Å². The first-order valence-corrected chi connectivity index (χ1v) is 14.3. The summed E-state index contributed by atoms with van der Waals surface area (Å²) in [7, 11) is 2.10. The van der Waals surface area contributed by atoms with Gasteiger partial charge in [0.05, 0.1) is 16.3 Å². The Morgan fingerprint density at radius 2 is 1.65 bits per heavy atom. The molecule has 43 heavy (non-hydrogen) atoms. The summed E-state index contributed by atoms with van der Waals surface area (Å²) in [5, 5.41) is 16.2. The SMILES string of the molecule is CN1CCN(CCn2ccnc(-c3ccc(C(=O)Nc4c(O)cc(Cl)cc4C(=O)Nc4ccc(Cl)cn4)cc3)c2=O)CC1. The molecule has 0 aliphatic carbocycles. The summed E-state index contributed by atoms with van der Waals surface area (Å²) < 4.78 is 1.65. The number of rotatable bonds is 8. The number of carbonyl (C=O) groups excluding carboxylic acids is 2. The van der Waals surface area contributed by atoms with Gasteiger partial charge in [0, 0.05) is 80.1 Å². The van der Waals surface area contributed by atoms with Gasteiger partial charge in [-0.25, -0.2) is 9.97 Å². The smallest absolute Gasteiger partial charge is 0.277 e. The zero-order chi connectivity index (χ0) is 30.5. The number of hydrogen-bond donors (Lipinski definition) is 3. The number of halogens is 2. The fraction of sp³-hybridized carbons (Fsp3) is 0.233. The van der Waals surface area contributed by atoms with Crippen LogP contribution in [-0.2, 0) is 6.54 Å². The molecule has 0 atom stereocenters. The van der Waals surface area contributed by atoms with Gasteiger partial charge in [-0.15, -0.1) is 0 Å². The molecule has 222 valence electrons. The molecule has 2 aromatic heterocycles. The highest BCUT2D eigenvalue weighted by Gasteiger charge is 2.21. The van der Waals surface area contributed by atoms with E-state index in [1.807, 2.05) is 0 Å². The second-order valence-corrected chi connectivity index (χ2v) is 11.0. The van der Waals surface area contributed by atoms with Crippen LogP contribution in [0.3, 0.4) is 0 Å². The van der Waals surface area contributed by atoms with Gasteiger partial charge in [-0.2, -0.15) is 0 Å². The fourth-order valence-corrected chi connectivity index (χ4v) is 4.97. The summed E-state index contributed by atoms with van der Waals surface area (Å²) in [5.41, 5.74) is 0.648. The van der Waals surface area contributed by atoms with Crippen LogP contribution in [0.25, 0.3) is 11.3 Å². The monoisotopic (exact) mass is 621 g/mol. The van der Waals surface area contributed by atoms with E-state index in [4.69, 9.17) is 23.2 Å². The molecule has 1 aliphatic heterocycles. The Kier molecular flexibility index (Phi) is 9.37. The number of hydrogen-bond acceptors (Lipinski definition) is 8. The first-order valence-electron chi connectivity index (χ1n) is 13.5. The minimum atomic E-state index is -0.655. The van der Waals surface area contributed by atoms with Crippen molar-refractivity contribution < 1.29 is 14.7 Å². The van der Waals surface area contributed by atoms with Crippen LogP contribution in [0.15, 0.2) is 71.9 Å². The van der Waals surface area contributed by atoms with Gasteiger partial charge in [0.2, 0.25) is 0 Å². The number of amides is 2. The predicted octanol–water partition coefficient (Wildman–Crippen LogP) is 4.07. The van der Waals surface area contributed by atoms with Gasteiger partial charge < -0.3 is 25.2 Å². The topological polar surface area (TPSA) is 133 Å². The van der Waals surface area contributed by atoms with Crippen LogP contribution >= 0.6 is 23.2 Å². The normalized spacial score (nSPS) is 13.9.